The summed E-state index contributed by atoms with van der Waals surface area (Å²) in [7, 11) is 0. The van der Waals surface area contributed by atoms with Gasteiger partial charge in [0, 0.05) is 0 Å². The molecule has 0 heterocycles. The van der Waals surface area contributed by atoms with E-state index in [1.54, 1.807) is 0 Å². The molecule has 0 saturated carbocycles. The Balaban J connectivity index is -0.00000124. The van der Waals surface area contributed by atoms with E-state index >= 15 is 0 Å². The lowest BCUT2D eigenvalue weighted by Gasteiger charge is -2.19. The third kappa shape index (κ3) is 13.5. The third-order valence-electron chi connectivity index (χ3n) is 4.28. The fourth-order valence-electron chi connectivity index (χ4n) is 3.10. The molecule has 2 aromatic rings. The first-order valence-electron chi connectivity index (χ1n) is 13.5. The molecule has 0 aliphatic carbocycles. The average molecular weight is 485 g/mol. The standard InChI is InChI=1S/C28H28.4C2H6/c1-5-9-18-23(8-4)27(25-19-12-10-13-20-25)28(24(16-6-2)17-7-3)26-21-14-11-15-22-26;4*1-2/h5-22H,2,4H2,1,3H3;4*1-2H3/b9-5-,17-7-,23-18+,24-16+,28-27+;;;;. The van der Waals surface area contributed by atoms with Crippen LogP contribution in [0.5, 0.6) is 0 Å². The second-order valence-corrected chi connectivity index (χ2v) is 6.19. The van der Waals surface area contributed by atoms with Crippen molar-refractivity contribution in [2.75, 3.05) is 0 Å². The number of hydrogen-bond donors (Lipinski definition) is 0. The number of benzene rings is 2. The molecule has 0 saturated heterocycles. The topological polar surface area (TPSA) is 0 Å². The summed E-state index contributed by atoms with van der Waals surface area (Å²) in [5.74, 6) is 0. The normalized spacial score (nSPS) is 11.3. The molecule has 0 nitrogen and oxygen atoms in total. The zero-order valence-electron chi connectivity index (χ0n) is 24.8. The molecular weight excluding hydrogens is 432 g/mol. The van der Waals surface area contributed by atoms with Gasteiger partial charge >= 0.3 is 0 Å². The van der Waals surface area contributed by atoms with Gasteiger partial charge in [0.15, 0.2) is 0 Å². The lowest BCUT2D eigenvalue weighted by Crippen LogP contribution is -1.98. The highest BCUT2D eigenvalue weighted by atomic mass is 14.2. The van der Waals surface area contributed by atoms with Crippen molar-refractivity contribution < 1.29 is 0 Å². The molecule has 0 N–H and O–H groups in total. The first-order chi connectivity index (χ1) is 17.8. The monoisotopic (exact) mass is 484 g/mol. The van der Waals surface area contributed by atoms with Crippen LogP contribution in [-0.4, -0.2) is 0 Å². The maximum absolute atomic E-state index is 4.09. The van der Waals surface area contributed by atoms with Gasteiger partial charge in [-0.15, -0.1) is 0 Å². The Hall–Kier alpha value is -3.38. The number of rotatable bonds is 8. The highest BCUT2D eigenvalue weighted by molar-refractivity contribution is 6.06. The van der Waals surface area contributed by atoms with Crippen LogP contribution in [0.1, 0.15) is 80.4 Å². The van der Waals surface area contributed by atoms with Crippen molar-refractivity contribution in [3.05, 3.63) is 145 Å². The van der Waals surface area contributed by atoms with E-state index in [0.717, 1.165) is 33.4 Å². The summed E-state index contributed by atoms with van der Waals surface area (Å²) in [6, 6.07) is 21.0. The van der Waals surface area contributed by atoms with Crippen molar-refractivity contribution in [1.82, 2.24) is 0 Å². The lowest BCUT2D eigenvalue weighted by molar-refractivity contribution is 1.50. The van der Waals surface area contributed by atoms with Crippen LogP contribution in [0.3, 0.4) is 0 Å². The smallest absolute Gasteiger partial charge is 0.00269 e. The lowest BCUT2D eigenvalue weighted by atomic mass is 9.84. The molecule has 36 heavy (non-hydrogen) atoms. The number of allylic oxidation sites excluding steroid dienone is 12. The van der Waals surface area contributed by atoms with E-state index in [2.05, 4.69) is 92.1 Å². The fraction of sp³-hybridized carbons (Fsp3) is 0.278. The van der Waals surface area contributed by atoms with Crippen LogP contribution in [0.2, 0.25) is 0 Å². The maximum atomic E-state index is 4.09. The maximum Gasteiger partial charge on any atom is -0.00269 e. The van der Waals surface area contributed by atoms with Gasteiger partial charge in [0.1, 0.15) is 0 Å². The van der Waals surface area contributed by atoms with E-state index in [4.69, 9.17) is 0 Å². The Morgan fingerprint density at radius 1 is 0.556 bits per heavy atom. The Labute approximate surface area is 224 Å². The van der Waals surface area contributed by atoms with Gasteiger partial charge in [0.05, 0.1) is 0 Å². The van der Waals surface area contributed by atoms with Crippen molar-refractivity contribution in [2.45, 2.75) is 69.2 Å². The minimum atomic E-state index is 1.07. The van der Waals surface area contributed by atoms with Crippen molar-refractivity contribution in [1.29, 1.82) is 0 Å². The van der Waals surface area contributed by atoms with Crippen molar-refractivity contribution in [3.63, 3.8) is 0 Å². The quantitative estimate of drug-likeness (QED) is 0.258. The summed E-state index contributed by atoms with van der Waals surface area (Å²) >= 11 is 0. The van der Waals surface area contributed by atoms with Crippen LogP contribution in [0.25, 0.3) is 11.1 Å². The molecule has 0 aliphatic rings. The Bertz CT molecular complexity index is 930. The summed E-state index contributed by atoms with van der Waals surface area (Å²) in [5.41, 5.74) is 6.78. The molecule has 0 atom stereocenters. The van der Waals surface area contributed by atoms with Gasteiger partial charge in [-0.2, -0.15) is 0 Å². The predicted molar refractivity (Wildman–Crippen MR) is 171 cm³/mol. The molecule has 0 bridgehead atoms. The first-order valence-corrected chi connectivity index (χ1v) is 13.5. The molecule has 0 amide bonds. The van der Waals surface area contributed by atoms with Crippen molar-refractivity contribution >= 4 is 11.1 Å². The summed E-state index contributed by atoms with van der Waals surface area (Å²) in [6.45, 7) is 28.1. The second kappa shape index (κ2) is 27.9. The highest BCUT2D eigenvalue weighted by Gasteiger charge is 2.16. The van der Waals surface area contributed by atoms with Crippen LogP contribution in [0.15, 0.2) is 134 Å². The van der Waals surface area contributed by atoms with Gasteiger partial charge in [-0.05, 0) is 47.3 Å². The zero-order chi connectivity index (χ0) is 28.2. The molecule has 2 rings (SSSR count). The molecule has 0 fully saturated rings. The van der Waals surface area contributed by atoms with E-state index in [1.165, 1.54) is 0 Å². The van der Waals surface area contributed by atoms with Crippen LogP contribution in [-0.2, 0) is 0 Å². The predicted octanol–water partition coefficient (Wildman–Crippen LogP) is 12.1. The Morgan fingerprint density at radius 2 is 0.972 bits per heavy atom. The molecule has 0 unspecified atom stereocenters. The summed E-state index contributed by atoms with van der Waals surface area (Å²) in [4.78, 5) is 0. The van der Waals surface area contributed by atoms with Gasteiger partial charge in [0.2, 0.25) is 0 Å². The summed E-state index contributed by atoms with van der Waals surface area (Å²) in [5, 5.41) is 0. The van der Waals surface area contributed by atoms with Crippen LogP contribution < -0.4 is 0 Å². The Kier molecular flexibility index (Phi) is 28.8. The minimum absolute atomic E-state index is 1.07. The molecule has 0 spiro atoms. The number of hydrogen-bond acceptors (Lipinski definition) is 0. The second-order valence-electron chi connectivity index (χ2n) is 6.19. The summed E-state index contributed by atoms with van der Waals surface area (Å²) < 4.78 is 0. The van der Waals surface area contributed by atoms with Gasteiger partial charge in [-0.1, -0.05) is 178 Å². The van der Waals surface area contributed by atoms with Crippen molar-refractivity contribution in [2.24, 2.45) is 0 Å². The van der Waals surface area contributed by atoms with E-state index in [0.29, 0.717) is 0 Å². The molecule has 0 aliphatic heterocycles. The average Bonchev–Trinajstić information content (AvgIpc) is 2.98. The van der Waals surface area contributed by atoms with Gasteiger partial charge in [-0.3, -0.25) is 0 Å². The Morgan fingerprint density at radius 3 is 1.31 bits per heavy atom. The molecule has 0 radical (unpaired) electrons. The van der Waals surface area contributed by atoms with E-state index in [1.807, 2.05) is 99.6 Å². The third-order valence-corrected chi connectivity index (χ3v) is 4.28. The molecular formula is C36H52. The van der Waals surface area contributed by atoms with Gasteiger partial charge < -0.3 is 0 Å². The molecule has 2 aromatic carbocycles. The van der Waals surface area contributed by atoms with Gasteiger partial charge in [-0.25, -0.2) is 0 Å². The zero-order valence-corrected chi connectivity index (χ0v) is 24.8. The molecule has 0 heteroatoms. The van der Waals surface area contributed by atoms with Crippen molar-refractivity contribution in [3.8, 4) is 0 Å². The molecule has 0 aromatic heterocycles. The van der Waals surface area contributed by atoms with E-state index < -0.39 is 0 Å². The van der Waals surface area contributed by atoms with Crippen LogP contribution in [0.4, 0.5) is 0 Å². The summed E-state index contributed by atoms with van der Waals surface area (Å²) in [6.07, 6.45) is 16.2. The highest BCUT2D eigenvalue weighted by Crippen LogP contribution is 2.37. The largest absolute Gasteiger partial charge is 0.0990 e. The van der Waals surface area contributed by atoms with E-state index in [9.17, 15) is 0 Å². The van der Waals surface area contributed by atoms with E-state index in [-0.39, 0.29) is 0 Å². The minimum Gasteiger partial charge on any atom is -0.0990 e. The van der Waals surface area contributed by atoms with Gasteiger partial charge in [0.25, 0.3) is 0 Å². The molecule has 196 valence electrons. The SMILES string of the molecule is C=C/C=C(\C=C/C)C(=C(/C(C=C)=C/C=C\C)c1ccccc1)/c1ccccc1.CC.CC.CC.CC. The van der Waals surface area contributed by atoms with Crippen LogP contribution in [0, 0.1) is 0 Å². The van der Waals surface area contributed by atoms with Crippen LogP contribution >= 0.6 is 0 Å². The first kappa shape index (κ1) is 37.2. The fourth-order valence-corrected chi connectivity index (χ4v) is 3.10.